The maximum absolute atomic E-state index is 13.0. The summed E-state index contributed by atoms with van der Waals surface area (Å²) in [6.07, 6.45) is 0. The standard InChI is InChI=1S/C23H19N2O3Se/c1-24(19-9-5-3-6-10-19)21(26)16-13-17(15-18(14-16)23(28)29)22(27)25(2)20-11-7-4-8-12-20/h3-15H,1-2H3. The number of amides is 2. The third-order valence-corrected chi connectivity index (χ3v) is 5.05. The van der Waals surface area contributed by atoms with Crippen molar-refractivity contribution >= 4 is 43.9 Å². The van der Waals surface area contributed by atoms with Crippen LogP contribution in [0.2, 0.25) is 0 Å². The molecule has 3 rings (SSSR count). The first-order chi connectivity index (χ1) is 13.9. The quantitative estimate of drug-likeness (QED) is 0.559. The zero-order valence-electron chi connectivity index (χ0n) is 16.0. The summed E-state index contributed by atoms with van der Waals surface area (Å²) in [5.41, 5.74) is 2.23. The van der Waals surface area contributed by atoms with Crippen molar-refractivity contribution in [3.63, 3.8) is 0 Å². The summed E-state index contributed by atoms with van der Waals surface area (Å²) in [6.45, 7) is 0. The van der Waals surface area contributed by atoms with Gasteiger partial charge in [0.2, 0.25) is 0 Å². The van der Waals surface area contributed by atoms with Crippen LogP contribution in [0.3, 0.4) is 0 Å². The molecule has 2 amide bonds. The first-order valence-corrected chi connectivity index (χ1v) is 9.77. The molecule has 0 N–H and O–H groups in total. The fourth-order valence-corrected chi connectivity index (χ4v) is 3.16. The summed E-state index contributed by atoms with van der Waals surface area (Å²) in [7, 11) is 3.31. The van der Waals surface area contributed by atoms with Gasteiger partial charge in [0.15, 0.2) is 0 Å². The molecule has 0 fully saturated rings. The minimum atomic E-state index is -0.335. The predicted octanol–water partition coefficient (Wildman–Crippen LogP) is 3.55. The van der Waals surface area contributed by atoms with Gasteiger partial charge in [0, 0.05) is 0 Å². The Morgan fingerprint density at radius 3 is 1.31 bits per heavy atom. The molecule has 0 saturated heterocycles. The molecule has 0 aliphatic carbocycles. The Morgan fingerprint density at radius 2 is 0.966 bits per heavy atom. The molecule has 0 saturated carbocycles. The third kappa shape index (κ3) is 4.62. The van der Waals surface area contributed by atoms with Gasteiger partial charge in [-0.05, 0) is 0 Å². The average Bonchev–Trinajstić information content (AvgIpc) is 2.77. The molecule has 0 heterocycles. The molecular weight excluding hydrogens is 431 g/mol. The number of rotatable bonds is 5. The van der Waals surface area contributed by atoms with Crippen LogP contribution in [0.25, 0.3) is 0 Å². The van der Waals surface area contributed by atoms with Crippen LogP contribution in [0.4, 0.5) is 11.4 Å². The Kier molecular flexibility index (Phi) is 6.27. The number of carbonyl (C=O) groups is 3. The van der Waals surface area contributed by atoms with E-state index in [-0.39, 0.29) is 33.2 Å². The zero-order chi connectivity index (χ0) is 21.0. The van der Waals surface area contributed by atoms with Crippen LogP contribution in [0.15, 0.2) is 78.9 Å². The fraction of sp³-hybridized carbons (Fsp3) is 0.0870. The molecule has 5 nitrogen and oxygen atoms in total. The van der Waals surface area contributed by atoms with Crippen LogP contribution in [0, 0.1) is 0 Å². The van der Waals surface area contributed by atoms with E-state index >= 15 is 0 Å². The summed E-state index contributed by atoms with van der Waals surface area (Å²) in [5.74, 6) is -0.619. The molecular formula is C23H19N2O3Se. The molecule has 3 aromatic rings. The SMILES string of the molecule is CN(C(=O)c1cc(C(=O)[Se])cc(C(=O)N(C)c2ccccc2)c1)c1ccccc1. The second-order valence-electron chi connectivity index (χ2n) is 6.49. The van der Waals surface area contributed by atoms with Crippen molar-refractivity contribution in [3.8, 4) is 0 Å². The van der Waals surface area contributed by atoms with Crippen LogP contribution in [0.5, 0.6) is 0 Å². The number of para-hydroxylation sites is 2. The van der Waals surface area contributed by atoms with Crippen molar-refractivity contribution in [2.24, 2.45) is 0 Å². The van der Waals surface area contributed by atoms with Crippen LogP contribution < -0.4 is 9.80 Å². The molecule has 3 aromatic carbocycles. The van der Waals surface area contributed by atoms with Gasteiger partial charge < -0.3 is 0 Å². The first-order valence-electron chi connectivity index (χ1n) is 8.91. The minimum absolute atomic E-state index is 0.266. The molecule has 0 unspecified atom stereocenters. The van der Waals surface area contributed by atoms with Crippen molar-refractivity contribution < 1.29 is 14.4 Å². The molecule has 1 radical (unpaired) electrons. The first kappa shape index (κ1) is 20.5. The number of hydrogen-bond acceptors (Lipinski definition) is 3. The maximum atomic E-state index is 13.0. The summed E-state index contributed by atoms with van der Waals surface area (Å²) in [6, 6.07) is 22.9. The summed E-state index contributed by atoms with van der Waals surface area (Å²) in [4.78, 5) is 41.0. The molecule has 0 bridgehead atoms. The number of nitrogens with zero attached hydrogens (tertiary/aromatic N) is 2. The molecule has 0 atom stereocenters. The molecule has 29 heavy (non-hydrogen) atoms. The van der Waals surface area contributed by atoms with Gasteiger partial charge in [0.1, 0.15) is 0 Å². The van der Waals surface area contributed by atoms with Crippen molar-refractivity contribution in [2.45, 2.75) is 0 Å². The number of hydrogen-bond donors (Lipinski definition) is 0. The second kappa shape index (κ2) is 8.86. The summed E-state index contributed by atoms with van der Waals surface area (Å²) in [5, 5.41) is 0. The monoisotopic (exact) mass is 451 g/mol. The molecule has 0 aromatic heterocycles. The molecule has 0 spiro atoms. The third-order valence-electron chi connectivity index (χ3n) is 4.56. The number of carbonyl (C=O) groups excluding carboxylic acids is 3. The molecule has 0 aliphatic rings. The van der Waals surface area contributed by atoms with Crippen LogP contribution >= 0.6 is 0 Å². The van der Waals surface area contributed by atoms with Gasteiger partial charge >= 0.3 is 178 Å². The Labute approximate surface area is 177 Å². The van der Waals surface area contributed by atoms with Crippen LogP contribution in [0.1, 0.15) is 31.1 Å². The van der Waals surface area contributed by atoms with E-state index in [0.717, 1.165) is 0 Å². The van der Waals surface area contributed by atoms with Gasteiger partial charge in [0.25, 0.3) is 0 Å². The predicted molar refractivity (Wildman–Crippen MR) is 115 cm³/mol. The Morgan fingerprint density at radius 1 is 0.621 bits per heavy atom. The van der Waals surface area contributed by atoms with E-state index in [1.165, 1.54) is 28.0 Å². The van der Waals surface area contributed by atoms with Gasteiger partial charge in [-0.2, -0.15) is 0 Å². The van der Waals surface area contributed by atoms with E-state index < -0.39 is 0 Å². The topological polar surface area (TPSA) is 57.7 Å². The van der Waals surface area contributed by atoms with Crippen molar-refractivity contribution in [1.82, 2.24) is 0 Å². The van der Waals surface area contributed by atoms with E-state index in [0.29, 0.717) is 11.4 Å². The van der Waals surface area contributed by atoms with Crippen LogP contribution in [-0.4, -0.2) is 46.6 Å². The second-order valence-corrected chi connectivity index (χ2v) is 7.26. The van der Waals surface area contributed by atoms with Crippen molar-refractivity contribution in [2.75, 3.05) is 23.9 Å². The molecule has 145 valence electrons. The van der Waals surface area contributed by atoms with E-state index in [9.17, 15) is 14.4 Å². The fourth-order valence-electron chi connectivity index (χ4n) is 2.92. The van der Waals surface area contributed by atoms with E-state index in [1.807, 2.05) is 60.7 Å². The average molecular weight is 450 g/mol. The summed E-state index contributed by atoms with van der Waals surface area (Å²) >= 11 is 2.42. The van der Waals surface area contributed by atoms with Gasteiger partial charge in [-0.15, -0.1) is 0 Å². The van der Waals surface area contributed by atoms with E-state index in [2.05, 4.69) is 16.0 Å². The molecule has 0 aliphatic heterocycles. The number of benzene rings is 3. The zero-order valence-corrected chi connectivity index (χ0v) is 17.7. The van der Waals surface area contributed by atoms with Gasteiger partial charge in [-0.1, -0.05) is 0 Å². The van der Waals surface area contributed by atoms with Gasteiger partial charge in [-0.3, -0.25) is 0 Å². The Balaban J connectivity index is 1.99. The Hall–Kier alpha value is -3.21. The van der Waals surface area contributed by atoms with Gasteiger partial charge in [0.05, 0.1) is 0 Å². The van der Waals surface area contributed by atoms with Crippen molar-refractivity contribution in [3.05, 3.63) is 95.6 Å². The van der Waals surface area contributed by atoms with Gasteiger partial charge in [-0.25, -0.2) is 0 Å². The molecule has 6 heteroatoms. The summed E-state index contributed by atoms with van der Waals surface area (Å²) < 4.78 is -0.335. The number of anilines is 2. The van der Waals surface area contributed by atoms with E-state index in [1.54, 1.807) is 14.1 Å². The van der Waals surface area contributed by atoms with E-state index in [4.69, 9.17) is 0 Å². The normalized spacial score (nSPS) is 10.3. The van der Waals surface area contributed by atoms with Crippen LogP contribution in [-0.2, 0) is 0 Å². The Bertz CT molecular complexity index is 976. The van der Waals surface area contributed by atoms with Crippen molar-refractivity contribution in [1.29, 1.82) is 0 Å².